The van der Waals surface area contributed by atoms with Crippen LogP contribution < -0.4 is 10.2 Å². The SMILES string of the molecule is CN(Cc1ccccc1N1CCCC1)C(=O)CCC1CCNC1.Cl.Cl. The zero-order chi connectivity index (χ0) is 16.1. The van der Waals surface area contributed by atoms with E-state index in [1.165, 1.54) is 30.5 Å². The van der Waals surface area contributed by atoms with E-state index in [1.54, 1.807) is 0 Å². The molecule has 1 atom stereocenters. The van der Waals surface area contributed by atoms with Crippen LogP contribution in [0.25, 0.3) is 0 Å². The second-order valence-corrected chi connectivity index (χ2v) is 6.97. The van der Waals surface area contributed by atoms with Gasteiger partial charge in [-0.3, -0.25) is 4.79 Å². The second kappa shape index (κ2) is 10.9. The molecule has 142 valence electrons. The number of amides is 1. The summed E-state index contributed by atoms with van der Waals surface area (Å²) < 4.78 is 0. The number of hydrogen-bond donors (Lipinski definition) is 1. The Morgan fingerprint density at radius 2 is 1.96 bits per heavy atom. The monoisotopic (exact) mass is 387 g/mol. The first-order valence-corrected chi connectivity index (χ1v) is 9.01. The van der Waals surface area contributed by atoms with Gasteiger partial charge in [0.25, 0.3) is 0 Å². The zero-order valence-corrected chi connectivity index (χ0v) is 16.7. The number of benzene rings is 1. The third-order valence-corrected chi connectivity index (χ3v) is 5.20. The van der Waals surface area contributed by atoms with E-state index in [-0.39, 0.29) is 30.7 Å². The summed E-state index contributed by atoms with van der Waals surface area (Å²) in [6, 6.07) is 8.55. The number of anilines is 1. The molecule has 2 fully saturated rings. The summed E-state index contributed by atoms with van der Waals surface area (Å²) in [5.41, 5.74) is 2.58. The fourth-order valence-electron chi connectivity index (χ4n) is 3.73. The molecule has 2 heterocycles. The molecular weight excluding hydrogens is 357 g/mol. The van der Waals surface area contributed by atoms with Gasteiger partial charge in [0.2, 0.25) is 5.91 Å². The minimum atomic E-state index is 0. The Bertz CT molecular complexity index is 529. The Kier molecular flexibility index (Phi) is 9.62. The summed E-state index contributed by atoms with van der Waals surface area (Å²) >= 11 is 0. The molecule has 1 aromatic rings. The van der Waals surface area contributed by atoms with Gasteiger partial charge in [-0.05, 0) is 56.3 Å². The summed E-state index contributed by atoms with van der Waals surface area (Å²) in [5, 5.41) is 3.37. The minimum absolute atomic E-state index is 0. The van der Waals surface area contributed by atoms with Gasteiger partial charge in [-0.15, -0.1) is 24.8 Å². The van der Waals surface area contributed by atoms with Gasteiger partial charge in [-0.2, -0.15) is 0 Å². The number of hydrogen-bond acceptors (Lipinski definition) is 3. The molecule has 1 amide bonds. The van der Waals surface area contributed by atoms with Gasteiger partial charge in [0.1, 0.15) is 0 Å². The number of halogens is 2. The van der Waals surface area contributed by atoms with Crippen molar-refractivity contribution < 1.29 is 4.79 Å². The maximum absolute atomic E-state index is 12.4. The Hall–Kier alpha value is -0.970. The van der Waals surface area contributed by atoms with E-state index in [0.717, 1.165) is 32.6 Å². The molecule has 0 spiro atoms. The minimum Gasteiger partial charge on any atom is -0.371 e. The van der Waals surface area contributed by atoms with Gasteiger partial charge in [-0.1, -0.05) is 18.2 Å². The molecule has 1 aromatic carbocycles. The molecule has 4 nitrogen and oxygen atoms in total. The molecule has 0 aromatic heterocycles. The highest BCUT2D eigenvalue weighted by Gasteiger charge is 2.19. The topological polar surface area (TPSA) is 35.6 Å². The van der Waals surface area contributed by atoms with Crippen LogP contribution in [0.2, 0.25) is 0 Å². The number of carbonyl (C=O) groups is 1. The van der Waals surface area contributed by atoms with Gasteiger partial charge in [0.05, 0.1) is 0 Å². The molecule has 1 unspecified atom stereocenters. The Morgan fingerprint density at radius 1 is 1.24 bits per heavy atom. The molecule has 2 aliphatic rings. The summed E-state index contributed by atoms with van der Waals surface area (Å²) in [6.07, 6.45) is 5.46. The maximum atomic E-state index is 12.4. The first-order chi connectivity index (χ1) is 11.2. The zero-order valence-electron chi connectivity index (χ0n) is 15.1. The molecule has 0 aliphatic carbocycles. The molecule has 3 rings (SSSR count). The lowest BCUT2D eigenvalue weighted by Gasteiger charge is -2.24. The first-order valence-electron chi connectivity index (χ1n) is 9.01. The van der Waals surface area contributed by atoms with Crippen LogP contribution in [0.15, 0.2) is 24.3 Å². The standard InChI is InChI=1S/C19H29N3O.2ClH/c1-21(19(23)9-8-16-10-11-20-14-16)15-17-6-2-3-7-18(17)22-12-4-5-13-22;;/h2-3,6-7,16,20H,4-5,8-15H2,1H3;2*1H. The van der Waals surface area contributed by atoms with E-state index in [4.69, 9.17) is 0 Å². The Morgan fingerprint density at radius 3 is 2.64 bits per heavy atom. The van der Waals surface area contributed by atoms with Crippen molar-refractivity contribution in [2.75, 3.05) is 38.1 Å². The van der Waals surface area contributed by atoms with E-state index in [1.807, 2.05) is 11.9 Å². The largest absolute Gasteiger partial charge is 0.371 e. The van der Waals surface area contributed by atoms with Gasteiger partial charge in [0, 0.05) is 38.8 Å². The quantitative estimate of drug-likeness (QED) is 0.811. The molecule has 2 aliphatic heterocycles. The van der Waals surface area contributed by atoms with Crippen molar-refractivity contribution in [3.05, 3.63) is 29.8 Å². The lowest BCUT2D eigenvalue weighted by molar-refractivity contribution is -0.130. The summed E-state index contributed by atoms with van der Waals surface area (Å²) in [7, 11) is 1.94. The summed E-state index contributed by atoms with van der Waals surface area (Å²) in [6.45, 7) is 5.19. The Labute approximate surface area is 164 Å². The second-order valence-electron chi connectivity index (χ2n) is 6.97. The van der Waals surface area contributed by atoms with Crippen LogP contribution in [0.4, 0.5) is 5.69 Å². The maximum Gasteiger partial charge on any atom is 0.222 e. The highest BCUT2D eigenvalue weighted by molar-refractivity contribution is 5.85. The van der Waals surface area contributed by atoms with Gasteiger partial charge in [-0.25, -0.2) is 0 Å². The molecule has 2 saturated heterocycles. The number of nitrogens with zero attached hydrogens (tertiary/aromatic N) is 2. The van der Waals surface area contributed by atoms with Crippen molar-refractivity contribution in [1.29, 1.82) is 0 Å². The average molecular weight is 388 g/mol. The van der Waals surface area contributed by atoms with Crippen molar-refractivity contribution in [1.82, 2.24) is 10.2 Å². The highest BCUT2D eigenvalue weighted by atomic mass is 35.5. The van der Waals surface area contributed by atoms with Crippen molar-refractivity contribution in [2.24, 2.45) is 5.92 Å². The first kappa shape index (κ1) is 22.1. The van der Waals surface area contributed by atoms with Crippen molar-refractivity contribution >= 4 is 36.4 Å². The smallest absolute Gasteiger partial charge is 0.222 e. The van der Waals surface area contributed by atoms with Crippen LogP contribution >= 0.6 is 24.8 Å². The summed E-state index contributed by atoms with van der Waals surface area (Å²) in [4.78, 5) is 16.8. The van der Waals surface area contributed by atoms with Crippen LogP contribution in [-0.2, 0) is 11.3 Å². The number of carbonyl (C=O) groups excluding carboxylic acids is 1. The van der Waals surface area contributed by atoms with E-state index in [0.29, 0.717) is 18.9 Å². The Balaban J connectivity index is 0.00000156. The molecular formula is C19H31Cl2N3O. The predicted octanol–water partition coefficient (Wildman–Crippen LogP) is 3.48. The van der Waals surface area contributed by atoms with Crippen LogP contribution in [0.3, 0.4) is 0 Å². The third-order valence-electron chi connectivity index (χ3n) is 5.20. The van der Waals surface area contributed by atoms with Gasteiger partial charge >= 0.3 is 0 Å². The molecule has 0 radical (unpaired) electrons. The molecule has 25 heavy (non-hydrogen) atoms. The predicted molar refractivity (Wildman–Crippen MR) is 109 cm³/mol. The highest BCUT2D eigenvalue weighted by Crippen LogP contribution is 2.25. The lowest BCUT2D eigenvalue weighted by atomic mass is 10.0. The normalized spacial score (nSPS) is 19.2. The van der Waals surface area contributed by atoms with E-state index in [9.17, 15) is 4.79 Å². The molecule has 6 heteroatoms. The van der Waals surface area contributed by atoms with E-state index < -0.39 is 0 Å². The molecule has 1 N–H and O–H groups in total. The number of para-hydroxylation sites is 1. The summed E-state index contributed by atoms with van der Waals surface area (Å²) in [5.74, 6) is 0.956. The fraction of sp³-hybridized carbons (Fsp3) is 0.632. The van der Waals surface area contributed by atoms with Crippen LogP contribution in [-0.4, -0.2) is 44.0 Å². The van der Waals surface area contributed by atoms with Crippen LogP contribution in [0, 0.1) is 5.92 Å². The van der Waals surface area contributed by atoms with Crippen molar-refractivity contribution in [2.45, 2.75) is 38.6 Å². The van der Waals surface area contributed by atoms with Crippen LogP contribution in [0.5, 0.6) is 0 Å². The molecule has 0 bridgehead atoms. The van der Waals surface area contributed by atoms with Crippen LogP contribution in [0.1, 0.15) is 37.7 Å². The lowest BCUT2D eigenvalue weighted by Crippen LogP contribution is -2.28. The third kappa shape index (κ3) is 6.05. The van der Waals surface area contributed by atoms with Gasteiger partial charge < -0.3 is 15.1 Å². The number of rotatable bonds is 6. The van der Waals surface area contributed by atoms with E-state index in [2.05, 4.69) is 34.5 Å². The van der Waals surface area contributed by atoms with Crippen molar-refractivity contribution in [3.8, 4) is 0 Å². The average Bonchev–Trinajstić information content (AvgIpc) is 3.26. The van der Waals surface area contributed by atoms with E-state index >= 15 is 0 Å². The van der Waals surface area contributed by atoms with Crippen molar-refractivity contribution in [3.63, 3.8) is 0 Å². The fourth-order valence-corrected chi connectivity index (χ4v) is 3.73. The van der Waals surface area contributed by atoms with Gasteiger partial charge in [0.15, 0.2) is 0 Å². The number of nitrogens with one attached hydrogen (secondary N) is 1. The molecule has 0 saturated carbocycles.